The Bertz CT molecular complexity index is 765. The minimum absolute atomic E-state index is 0.580. The number of nitrogens with zero attached hydrogens (tertiary/aromatic N) is 3. The summed E-state index contributed by atoms with van der Waals surface area (Å²) in [4.78, 5) is 12.0. The smallest absolute Gasteiger partial charge is 0.140 e. The van der Waals surface area contributed by atoms with Crippen molar-refractivity contribution in [3.63, 3.8) is 0 Å². The van der Waals surface area contributed by atoms with Crippen LogP contribution in [-0.4, -0.2) is 15.0 Å². The number of nitrogens with one attached hydrogen (secondary N) is 1. The molecule has 0 aliphatic heterocycles. The molecule has 0 spiro atoms. The van der Waals surface area contributed by atoms with E-state index in [1.54, 1.807) is 12.3 Å². The average Bonchev–Trinajstić information content (AvgIpc) is 2.82. The van der Waals surface area contributed by atoms with Crippen LogP contribution in [0.3, 0.4) is 0 Å². The number of para-hydroxylation sites is 1. The lowest BCUT2D eigenvalue weighted by atomic mass is 10.2. The average molecular weight is 234 g/mol. The van der Waals surface area contributed by atoms with E-state index in [9.17, 15) is 0 Å². The van der Waals surface area contributed by atoms with Crippen molar-refractivity contribution < 1.29 is 0 Å². The van der Waals surface area contributed by atoms with Gasteiger partial charge in [-0.3, -0.25) is 4.98 Å². The van der Waals surface area contributed by atoms with Crippen molar-refractivity contribution in [2.75, 3.05) is 0 Å². The Morgan fingerprint density at radius 2 is 2.11 bits per heavy atom. The molecule has 18 heavy (non-hydrogen) atoms. The number of imidazole rings is 1. The first-order valence-electron chi connectivity index (χ1n) is 5.60. The molecular formula is C14H10N4. The normalized spacial score (nSPS) is 10.4. The third-order valence-corrected chi connectivity index (χ3v) is 2.90. The summed E-state index contributed by atoms with van der Waals surface area (Å²) >= 11 is 0. The molecule has 0 saturated carbocycles. The van der Waals surface area contributed by atoms with Crippen LogP contribution in [0.15, 0.2) is 36.5 Å². The number of aromatic amines is 1. The maximum atomic E-state index is 9.05. The largest absolute Gasteiger partial charge is 0.338 e. The third kappa shape index (κ3) is 1.54. The van der Waals surface area contributed by atoms with Crippen molar-refractivity contribution in [2.45, 2.75) is 6.92 Å². The highest BCUT2D eigenvalue weighted by atomic mass is 14.9. The molecule has 0 atom stereocenters. The minimum atomic E-state index is 0.580. The lowest BCUT2D eigenvalue weighted by Crippen LogP contribution is -1.87. The lowest BCUT2D eigenvalue weighted by molar-refractivity contribution is 1.18. The van der Waals surface area contributed by atoms with Gasteiger partial charge in [0.15, 0.2) is 0 Å². The van der Waals surface area contributed by atoms with Crippen molar-refractivity contribution >= 4 is 11.0 Å². The zero-order valence-electron chi connectivity index (χ0n) is 9.81. The first-order valence-corrected chi connectivity index (χ1v) is 5.60. The molecule has 3 rings (SSSR count). The number of aryl methyl sites for hydroxylation is 1. The van der Waals surface area contributed by atoms with Gasteiger partial charge in [0.2, 0.25) is 0 Å². The topological polar surface area (TPSA) is 65.4 Å². The number of nitriles is 1. The Kier molecular flexibility index (Phi) is 2.31. The van der Waals surface area contributed by atoms with Crippen LogP contribution in [0.5, 0.6) is 0 Å². The van der Waals surface area contributed by atoms with Gasteiger partial charge in [0, 0.05) is 17.5 Å². The van der Waals surface area contributed by atoms with Gasteiger partial charge in [-0.15, -0.1) is 0 Å². The quantitative estimate of drug-likeness (QED) is 0.704. The van der Waals surface area contributed by atoms with Crippen LogP contribution in [0.25, 0.3) is 22.4 Å². The number of pyridine rings is 1. The molecule has 0 amide bonds. The zero-order valence-corrected chi connectivity index (χ0v) is 9.81. The van der Waals surface area contributed by atoms with Gasteiger partial charge in [0.1, 0.15) is 17.4 Å². The van der Waals surface area contributed by atoms with Crippen LogP contribution < -0.4 is 0 Å². The highest BCUT2D eigenvalue weighted by Crippen LogP contribution is 2.23. The number of H-pyrrole nitrogens is 1. The van der Waals surface area contributed by atoms with Crippen molar-refractivity contribution in [1.29, 1.82) is 5.26 Å². The van der Waals surface area contributed by atoms with Gasteiger partial charge in [-0.05, 0) is 31.2 Å². The van der Waals surface area contributed by atoms with Crippen LogP contribution in [0.4, 0.5) is 0 Å². The number of fused-ring (bicyclic) bond motifs is 1. The second kappa shape index (κ2) is 3.97. The summed E-state index contributed by atoms with van der Waals surface area (Å²) < 4.78 is 0. The van der Waals surface area contributed by atoms with Crippen molar-refractivity contribution in [3.05, 3.63) is 47.8 Å². The van der Waals surface area contributed by atoms with Gasteiger partial charge in [0.25, 0.3) is 0 Å². The SMILES string of the molecule is Cc1ncccc1-c1nc2c(C#N)cccc2[nH]1. The van der Waals surface area contributed by atoms with Crippen LogP contribution in [-0.2, 0) is 0 Å². The molecule has 1 N–H and O–H groups in total. The van der Waals surface area contributed by atoms with Gasteiger partial charge in [-0.2, -0.15) is 5.26 Å². The fourth-order valence-corrected chi connectivity index (χ4v) is 1.98. The monoisotopic (exact) mass is 234 g/mol. The second-order valence-corrected chi connectivity index (χ2v) is 4.04. The van der Waals surface area contributed by atoms with Gasteiger partial charge in [-0.1, -0.05) is 6.07 Å². The summed E-state index contributed by atoms with van der Waals surface area (Å²) in [6.45, 7) is 1.94. The van der Waals surface area contributed by atoms with Crippen molar-refractivity contribution in [3.8, 4) is 17.5 Å². The predicted molar refractivity (Wildman–Crippen MR) is 68.8 cm³/mol. The molecule has 3 aromatic rings. The summed E-state index contributed by atoms with van der Waals surface area (Å²) in [5.74, 6) is 0.748. The molecule has 86 valence electrons. The first kappa shape index (κ1) is 10.5. The number of hydrogen-bond donors (Lipinski definition) is 1. The van der Waals surface area contributed by atoms with Crippen LogP contribution in [0.2, 0.25) is 0 Å². The predicted octanol–water partition coefficient (Wildman–Crippen LogP) is 2.81. The Morgan fingerprint density at radius 3 is 2.89 bits per heavy atom. The molecule has 2 heterocycles. The van der Waals surface area contributed by atoms with Crippen molar-refractivity contribution in [1.82, 2.24) is 15.0 Å². The molecule has 0 fully saturated rings. The maximum Gasteiger partial charge on any atom is 0.140 e. The van der Waals surface area contributed by atoms with Crippen molar-refractivity contribution in [2.24, 2.45) is 0 Å². The molecule has 0 aliphatic carbocycles. The van der Waals surface area contributed by atoms with E-state index in [2.05, 4.69) is 21.0 Å². The van der Waals surface area contributed by atoms with E-state index in [0.717, 1.165) is 22.6 Å². The summed E-state index contributed by atoms with van der Waals surface area (Å²) in [5.41, 5.74) is 4.02. The van der Waals surface area contributed by atoms with E-state index >= 15 is 0 Å². The number of hydrogen-bond acceptors (Lipinski definition) is 3. The Morgan fingerprint density at radius 1 is 1.22 bits per heavy atom. The number of aromatic nitrogens is 3. The molecule has 1 aromatic carbocycles. The van der Waals surface area contributed by atoms with Gasteiger partial charge < -0.3 is 4.98 Å². The number of rotatable bonds is 1. The van der Waals surface area contributed by atoms with Crippen LogP contribution in [0, 0.1) is 18.3 Å². The Labute approximate surface area is 104 Å². The summed E-state index contributed by atoms with van der Waals surface area (Å²) in [7, 11) is 0. The molecule has 0 unspecified atom stereocenters. The highest BCUT2D eigenvalue weighted by Gasteiger charge is 2.10. The van der Waals surface area contributed by atoms with Gasteiger partial charge in [-0.25, -0.2) is 4.98 Å². The minimum Gasteiger partial charge on any atom is -0.338 e. The fraction of sp³-hybridized carbons (Fsp3) is 0.0714. The number of benzene rings is 1. The van der Waals surface area contributed by atoms with E-state index in [1.807, 2.05) is 31.2 Å². The van der Waals surface area contributed by atoms with E-state index in [1.165, 1.54) is 0 Å². The van der Waals surface area contributed by atoms with E-state index < -0.39 is 0 Å². The second-order valence-electron chi connectivity index (χ2n) is 4.04. The van der Waals surface area contributed by atoms with E-state index in [4.69, 9.17) is 5.26 Å². The maximum absolute atomic E-state index is 9.05. The third-order valence-electron chi connectivity index (χ3n) is 2.90. The fourth-order valence-electron chi connectivity index (χ4n) is 1.98. The van der Waals surface area contributed by atoms with Crippen LogP contribution >= 0.6 is 0 Å². The molecule has 4 nitrogen and oxygen atoms in total. The molecular weight excluding hydrogens is 224 g/mol. The van der Waals surface area contributed by atoms with Gasteiger partial charge >= 0.3 is 0 Å². The highest BCUT2D eigenvalue weighted by molar-refractivity contribution is 5.84. The summed E-state index contributed by atoms with van der Waals surface area (Å²) in [6, 6.07) is 11.5. The standard InChI is InChI=1S/C14H10N4/c1-9-11(5-3-7-16-9)14-17-12-6-2-4-10(8-15)13(12)18-14/h2-7H,1H3,(H,17,18). The summed E-state index contributed by atoms with van der Waals surface area (Å²) in [6.07, 6.45) is 1.75. The summed E-state index contributed by atoms with van der Waals surface area (Å²) in [5, 5.41) is 9.05. The van der Waals surface area contributed by atoms with E-state index in [0.29, 0.717) is 11.1 Å². The zero-order chi connectivity index (χ0) is 12.5. The lowest BCUT2D eigenvalue weighted by Gasteiger charge is -1.99. The molecule has 0 saturated heterocycles. The molecule has 0 aliphatic rings. The van der Waals surface area contributed by atoms with Gasteiger partial charge in [0.05, 0.1) is 11.1 Å². The molecule has 2 aromatic heterocycles. The molecule has 0 bridgehead atoms. The first-order chi connectivity index (χ1) is 8.79. The molecule has 0 radical (unpaired) electrons. The van der Waals surface area contributed by atoms with E-state index in [-0.39, 0.29) is 0 Å². The molecule has 4 heteroatoms. The Hall–Kier alpha value is -2.67. The van der Waals surface area contributed by atoms with Crippen LogP contribution in [0.1, 0.15) is 11.3 Å². The Balaban J connectivity index is 2.27.